The molecule has 1 aliphatic carbocycles. The number of H-pyrrole nitrogens is 1. The van der Waals surface area contributed by atoms with Crippen molar-refractivity contribution in [3.05, 3.63) is 34.4 Å². The highest BCUT2D eigenvalue weighted by Crippen LogP contribution is 2.32. The summed E-state index contributed by atoms with van der Waals surface area (Å²) in [7, 11) is 0. The molecule has 5 nitrogen and oxygen atoms in total. The molecule has 1 fully saturated rings. The Hall–Kier alpha value is -1.82. The number of carbonyl (C=O) groups excluding carboxylic acids is 1. The maximum Gasteiger partial charge on any atom is 0.329 e. The maximum atomic E-state index is 12.2. The topological polar surface area (TPSA) is 82.2 Å². The van der Waals surface area contributed by atoms with E-state index in [2.05, 4.69) is 26.2 Å². The van der Waals surface area contributed by atoms with Crippen LogP contribution in [-0.2, 0) is 4.79 Å². The average Bonchev–Trinajstić information content (AvgIpc) is 2.75. The van der Waals surface area contributed by atoms with Gasteiger partial charge in [-0.15, -0.1) is 0 Å². The summed E-state index contributed by atoms with van der Waals surface area (Å²) >= 11 is 3.37. The van der Waals surface area contributed by atoms with E-state index >= 15 is 0 Å². The number of amides is 1. The molecule has 6 heteroatoms. The first-order chi connectivity index (χ1) is 9.50. The molecule has 3 N–H and O–H groups in total. The molecule has 1 aliphatic rings. The fourth-order valence-corrected chi connectivity index (χ4v) is 2.79. The summed E-state index contributed by atoms with van der Waals surface area (Å²) in [5.74, 6) is -1.34. The molecule has 0 radical (unpaired) electrons. The highest BCUT2D eigenvalue weighted by molar-refractivity contribution is 9.10. The standard InChI is InChI=1S/C14H13BrN2O3/c15-9-3-2-8-6-11(16-10(8)7-9)12(18)17-14(13(19)20)4-1-5-14/h2-3,6-7,16H,1,4-5H2,(H,17,18)(H,19,20). The van der Waals surface area contributed by atoms with Gasteiger partial charge < -0.3 is 15.4 Å². The molecule has 0 bridgehead atoms. The highest BCUT2D eigenvalue weighted by atomic mass is 79.9. The van der Waals surface area contributed by atoms with Crippen LogP contribution in [0.3, 0.4) is 0 Å². The van der Waals surface area contributed by atoms with Crippen LogP contribution >= 0.6 is 15.9 Å². The molecule has 20 heavy (non-hydrogen) atoms. The molecule has 0 unspecified atom stereocenters. The van der Waals surface area contributed by atoms with E-state index in [1.54, 1.807) is 6.07 Å². The quantitative estimate of drug-likeness (QED) is 0.805. The minimum absolute atomic E-state index is 0.376. The first-order valence-corrected chi connectivity index (χ1v) is 7.14. The molecule has 1 aromatic carbocycles. The molecule has 104 valence electrons. The summed E-state index contributed by atoms with van der Waals surface area (Å²) in [4.78, 5) is 26.5. The van der Waals surface area contributed by atoms with Crippen molar-refractivity contribution in [2.75, 3.05) is 0 Å². The number of carboxylic acid groups (broad SMARTS) is 1. The van der Waals surface area contributed by atoms with Gasteiger partial charge in [0, 0.05) is 15.4 Å². The van der Waals surface area contributed by atoms with E-state index in [0.717, 1.165) is 21.8 Å². The predicted molar refractivity (Wildman–Crippen MR) is 77.7 cm³/mol. The number of aromatic nitrogens is 1. The smallest absolute Gasteiger partial charge is 0.329 e. The number of benzene rings is 1. The van der Waals surface area contributed by atoms with Gasteiger partial charge in [0.25, 0.3) is 5.91 Å². The first-order valence-electron chi connectivity index (χ1n) is 6.34. The third kappa shape index (κ3) is 2.10. The van der Waals surface area contributed by atoms with Crippen LogP contribution in [0.1, 0.15) is 29.8 Å². The van der Waals surface area contributed by atoms with E-state index in [-0.39, 0.29) is 5.91 Å². The summed E-state index contributed by atoms with van der Waals surface area (Å²) in [5, 5.41) is 12.8. The number of hydrogen-bond acceptors (Lipinski definition) is 2. The van der Waals surface area contributed by atoms with E-state index < -0.39 is 11.5 Å². The number of aliphatic carboxylic acids is 1. The van der Waals surface area contributed by atoms with Crippen molar-refractivity contribution < 1.29 is 14.7 Å². The summed E-state index contributed by atoms with van der Waals surface area (Å²) in [5.41, 5.74) is 0.128. The van der Waals surface area contributed by atoms with Crippen molar-refractivity contribution in [3.63, 3.8) is 0 Å². The number of fused-ring (bicyclic) bond motifs is 1. The van der Waals surface area contributed by atoms with Crippen LogP contribution in [-0.4, -0.2) is 27.5 Å². The lowest BCUT2D eigenvalue weighted by Gasteiger charge is -2.38. The molecule has 1 aromatic heterocycles. The summed E-state index contributed by atoms with van der Waals surface area (Å²) in [6, 6.07) is 7.39. The second-order valence-corrected chi connectivity index (χ2v) is 6.03. The number of carbonyl (C=O) groups is 2. The van der Waals surface area contributed by atoms with Gasteiger partial charge in [-0.3, -0.25) is 4.79 Å². The van der Waals surface area contributed by atoms with Gasteiger partial charge in [-0.1, -0.05) is 22.0 Å². The molecule has 1 heterocycles. The van der Waals surface area contributed by atoms with Gasteiger partial charge in [0.2, 0.25) is 0 Å². The van der Waals surface area contributed by atoms with E-state index in [1.807, 2.05) is 18.2 Å². The molecule has 0 spiro atoms. The van der Waals surface area contributed by atoms with Crippen LogP contribution in [0.15, 0.2) is 28.7 Å². The van der Waals surface area contributed by atoms with Gasteiger partial charge >= 0.3 is 5.97 Å². The van der Waals surface area contributed by atoms with Crippen molar-refractivity contribution in [2.24, 2.45) is 0 Å². The normalized spacial score (nSPS) is 16.6. The molecule has 1 amide bonds. The second-order valence-electron chi connectivity index (χ2n) is 5.11. The van der Waals surface area contributed by atoms with Gasteiger partial charge in [-0.05, 0) is 37.5 Å². The molecular weight excluding hydrogens is 324 g/mol. The fraction of sp³-hybridized carbons (Fsp3) is 0.286. The Morgan fingerprint density at radius 1 is 1.30 bits per heavy atom. The Morgan fingerprint density at radius 3 is 2.65 bits per heavy atom. The Bertz CT molecular complexity index is 704. The van der Waals surface area contributed by atoms with Crippen molar-refractivity contribution >= 4 is 38.7 Å². The third-order valence-corrected chi connectivity index (χ3v) is 4.29. The van der Waals surface area contributed by atoms with Gasteiger partial charge in [-0.2, -0.15) is 0 Å². The van der Waals surface area contributed by atoms with Gasteiger partial charge in [-0.25, -0.2) is 4.79 Å². The monoisotopic (exact) mass is 336 g/mol. The van der Waals surface area contributed by atoms with Crippen LogP contribution in [0, 0.1) is 0 Å². The van der Waals surface area contributed by atoms with Crippen molar-refractivity contribution in [1.82, 2.24) is 10.3 Å². The maximum absolute atomic E-state index is 12.2. The minimum atomic E-state index is -1.09. The molecule has 0 aliphatic heterocycles. The number of halogens is 1. The molecule has 2 aromatic rings. The van der Waals surface area contributed by atoms with E-state index in [1.165, 1.54) is 0 Å². The van der Waals surface area contributed by atoms with Crippen molar-refractivity contribution in [2.45, 2.75) is 24.8 Å². The molecular formula is C14H13BrN2O3. The molecule has 1 saturated carbocycles. The predicted octanol–water partition coefficient (Wildman–Crippen LogP) is 2.67. The van der Waals surface area contributed by atoms with E-state index in [9.17, 15) is 14.7 Å². The summed E-state index contributed by atoms with van der Waals surface area (Å²) < 4.78 is 0.916. The Morgan fingerprint density at radius 2 is 2.05 bits per heavy atom. The number of aromatic amines is 1. The Kier molecular flexibility index (Phi) is 3.05. The number of hydrogen-bond donors (Lipinski definition) is 3. The Balaban J connectivity index is 1.87. The first kappa shape index (κ1) is 13.2. The number of rotatable bonds is 3. The van der Waals surface area contributed by atoms with E-state index in [4.69, 9.17) is 0 Å². The van der Waals surface area contributed by atoms with Crippen LogP contribution in [0.25, 0.3) is 10.9 Å². The average molecular weight is 337 g/mol. The van der Waals surface area contributed by atoms with Gasteiger partial charge in [0.15, 0.2) is 0 Å². The van der Waals surface area contributed by atoms with Crippen LogP contribution < -0.4 is 5.32 Å². The zero-order chi connectivity index (χ0) is 14.3. The zero-order valence-corrected chi connectivity index (χ0v) is 12.2. The lowest BCUT2D eigenvalue weighted by molar-refractivity contribution is -0.148. The van der Waals surface area contributed by atoms with Crippen molar-refractivity contribution in [3.8, 4) is 0 Å². The summed E-state index contributed by atoms with van der Waals surface area (Å²) in [6.45, 7) is 0. The zero-order valence-electron chi connectivity index (χ0n) is 10.6. The SMILES string of the molecule is O=C(NC1(C(=O)O)CCC1)c1cc2ccc(Br)cc2[nH]1. The number of nitrogens with one attached hydrogen (secondary N) is 2. The number of carboxylic acids is 1. The van der Waals surface area contributed by atoms with Crippen LogP contribution in [0.5, 0.6) is 0 Å². The third-order valence-electron chi connectivity index (χ3n) is 3.80. The fourth-order valence-electron chi connectivity index (χ4n) is 2.43. The van der Waals surface area contributed by atoms with Gasteiger partial charge in [0.1, 0.15) is 11.2 Å². The second kappa shape index (κ2) is 4.63. The van der Waals surface area contributed by atoms with Crippen LogP contribution in [0.2, 0.25) is 0 Å². The molecule has 3 rings (SSSR count). The highest BCUT2D eigenvalue weighted by Gasteiger charge is 2.45. The van der Waals surface area contributed by atoms with E-state index in [0.29, 0.717) is 18.5 Å². The Labute approximate surface area is 123 Å². The van der Waals surface area contributed by atoms with Crippen LogP contribution in [0.4, 0.5) is 0 Å². The molecule has 0 atom stereocenters. The minimum Gasteiger partial charge on any atom is -0.480 e. The van der Waals surface area contributed by atoms with Gasteiger partial charge in [0.05, 0.1) is 0 Å². The summed E-state index contributed by atoms with van der Waals surface area (Å²) in [6.07, 6.45) is 1.80. The van der Waals surface area contributed by atoms with Crippen molar-refractivity contribution in [1.29, 1.82) is 0 Å². The lowest BCUT2D eigenvalue weighted by Crippen LogP contribution is -2.59. The largest absolute Gasteiger partial charge is 0.480 e. The molecule has 0 saturated heterocycles. The lowest BCUT2D eigenvalue weighted by atomic mass is 9.76.